The molecule has 6 heteroatoms. The topological polar surface area (TPSA) is 111 Å². The monoisotopic (exact) mass is 251 g/mol. The molecule has 1 saturated heterocycles. The molecular formula is C12H17N3O3. The lowest BCUT2D eigenvalue weighted by molar-refractivity contribution is 0.0264. The normalized spacial score (nSPS) is 22.9. The van der Waals surface area contributed by atoms with Gasteiger partial charge in [0.1, 0.15) is 5.60 Å². The van der Waals surface area contributed by atoms with Gasteiger partial charge >= 0.3 is 0 Å². The molecule has 1 unspecified atom stereocenters. The molecule has 0 spiro atoms. The van der Waals surface area contributed by atoms with Gasteiger partial charge in [-0.3, -0.25) is 4.79 Å². The highest BCUT2D eigenvalue weighted by Gasteiger charge is 2.32. The Kier molecular flexibility index (Phi) is 3.40. The highest BCUT2D eigenvalue weighted by molar-refractivity contribution is 5.96. The van der Waals surface area contributed by atoms with Gasteiger partial charge in [-0.05, 0) is 18.2 Å². The third-order valence-electron chi connectivity index (χ3n) is 2.90. The molecule has 1 aromatic rings. The molecule has 6 N–H and O–H groups in total. The van der Waals surface area contributed by atoms with Crippen LogP contribution in [0.1, 0.15) is 16.8 Å². The summed E-state index contributed by atoms with van der Waals surface area (Å²) in [5, 5.41) is 12.7. The molecule has 2 rings (SSSR count). The lowest BCUT2D eigenvalue weighted by Gasteiger charge is -2.20. The molecule has 1 heterocycles. The first-order valence-corrected chi connectivity index (χ1v) is 5.73. The lowest BCUT2D eigenvalue weighted by Crippen LogP contribution is -2.43. The maximum absolute atomic E-state index is 11.9. The SMILES string of the molecule is Nc1cc(N)cc(C(=O)NCC2(O)CCOC2)c1. The molecule has 0 saturated carbocycles. The summed E-state index contributed by atoms with van der Waals surface area (Å²) in [6.07, 6.45) is 0.520. The van der Waals surface area contributed by atoms with Gasteiger partial charge in [-0.2, -0.15) is 0 Å². The maximum Gasteiger partial charge on any atom is 0.251 e. The van der Waals surface area contributed by atoms with Crippen LogP contribution in [0.4, 0.5) is 11.4 Å². The first kappa shape index (κ1) is 12.7. The van der Waals surface area contributed by atoms with Crippen molar-refractivity contribution in [3.8, 4) is 0 Å². The summed E-state index contributed by atoms with van der Waals surface area (Å²) in [7, 11) is 0. The average Bonchev–Trinajstić information content (AvgIpc) is 2.72. The minimum Gasteiger partial charge on any atom is -0.399 e. The molecule has 18 heavy (non-hydrogen) atoms. The molecule has 1 aliphatic rings. The number of hydrogen-bond acceptors (Lipinski definition) is 5. The second kappa shape index (κ2) is 4.83. The number of aliphatic hydroxyl groups is 1. The molecule has 0 aromatic heterocycles. The molecule has 0 bridgehead atoms. The predicted molar refractivity (Wildman–Crippen MR) is 68.0 cm³/mol. The van der Waals surface area contributed by atoms with E-state index in [1.807, 2.05) is 0 Å². The van der Waals surface area contributed by atoms with Gasteiger partial charge in [-0.1, -0.05) is 0 Å². The molecule has 0 radical (unpaired) electrons. The minimum absolute atomic E-state index is 0.153. The number of nitrogens with one attached hydrogen (secondary N) is 1. The third-order valence-corrected chi connectivity index (χ3v) is 2.90. The van der Waals surface area contributed by atoms with E-state index in [2.05, 4.69) is 5.32 Å². The van der Waals surface area contributed by atoms with E-state index in [1.165, 1.54) is 0 Å². The van der Waals surface area contributed by atoms with Crippen LogP contribution in [0.15, 0.2) is 18.2 Å². The van der Waals surface area contributed by atoms with Crippen molar-refractivity contribution >= 4 is 17.3 Å². The van der Waals surface area contributed by atoms with E-state index < -0.39 is 5.60 Å². The number of nitrogens with two attached hydrogens (primary N) is 2. The van der Waals surface area contributed by atoms with Gasteiger partial charge in [0.2, 0.25) is 0 Å². The standard InChI is InChI=1S/C12H17N3O3/c13-9-3-8(4-10(14)5-9)11(16)15-6-12(17)1-2-18-7-12/h3-5,17H,1-2,6-7,13-14H2,(H,15,16). The van der Waals surface area contributed by atoms with Crippen molar-refractivity contribution in [1.82, 2.24) is 5.32 Å². The van der Waals surface area contributed by atoms with Gasteiger partial charge in [-0.25, -0.2) is 0 Å². The van der Waals surface area contributed by atoms with Gasteiger partial charge < -0.3 is 26.6 Å². The quantitative estimate of drug-likeness (QED) is 0.553. The van der Waals surface area contributed by atoms with Gasteiger partial charge in [0.05, 0.1) is 6.61 Å². The van der Waals surface area contributed by atoms with Crippen molar-refractivity contribution in [2.24, 2.45) is 0 Å². The van der Waals surface area contributed by atoms with Crippen LogP contribution >= 0.6 is 0 Å². The molecular weight excluding hydrogens is 234 g/mol. The number of benzene rings is 1. The fraction of sp³-hybridized carbons (Fsp3) is 0.417. The van der Waals surface area contributed by atoms with Gasteiger partial charge in [0, 0.05) is 36.5 Å². The fourth-order valence-electron chi connectivity index (χ4n) is 1.89. The molecule has 1 atom stereocenters. The Hall–Kier alpha value is -1.79. The number of ether oxygens (including phenoxy) is 1. The Balaban J connectivity index is 1.99. The van der Waals surface area contributed by atoms with E-state index in [1.54, 1.807) is 18.2 Å². The van der Waals surface area contributed by atoms with Crippen LogP contribution in [0.5, 0.6) is 0 Å². The summed E-state index contributed by atoms with van der Waals surface area (Å²) >= 11 is 0. The molecule has 0 aliphatic carbocycles. The van der Waals surface area contributed by atoms with E-state index in [4.69, 9.17) is 16.2 Å². The van der Waals surface area contributed by atoms with Gasteiger partial charge in [-0.15, -0.1) is 0 Å². The van der Waals surface area contributed by atoms with Gasteiger partial charge in [0.25, 0.3) is 5.91 Å². The van der Waals surface area contributed by atoms with Crippen molar-refractivity contribution in [3.05, 3.63) is 23.8 Å². The summed E-state index contributed by atoms with van der Waals surface area (Å²) in [5.41, 5.74) is 11.5. The van der Waals surface area contributed by atoms with Crippen LogP contribution < -0.4 is 16.8 Å². The Morgan fingerprint density at radius 3 is 2.61 bits per heavy atom. The third kappa shape index (κ3) is 2.91. The fourth-order valence-corrected chi connectivity index (χ4v) is 1.89. The largest absolute Gasteiger partial charge is 0.399 e. The first-order chi connectivity index (χ1) is 8.48. The lowest BCUT2D eigenvalue weighted by atomic mass is 10.0. The number of rotatable bonds is 3. The molecule has 1 aliphatic heterocycles. The summed E-state index contributed by atoms with van der Waals surface area (Å²) in [6.45, 7) is 0.907. The zero-order chi connectivity index (χ0) is 13.2. The van der Waals surface area contributed by atoms with Crippen molar-refractivity contribution < 1.29 is 14.6 Å². The second-order valence-corrected chi connectivity index (χ2v) is 4.60. The van der Waals surface area contributed by atoms with Crippen LogP contribution in [-0.2, 0) is 4.74 Å². The Labute approximate surface area is 105 Å². The average molecular weight is 251 g/mol. The first-order valence-electron chi connectivity index (χ1n) is 5.73. The summed E-state index contributed by atoms with van der Waals surface area (Å²) in [4.78, 5) is 11.9. The van der Waals surface area contributed by atoms with Crippen LogP contribution in [0, 0.1) is 0 Å². The van der Waals surface area contributed by atoms with E-state index >= 15 is 0 Å². The molecule has 6 nitrogen and oxygen atoms in total. The number of hydrogen-bond donors (Lipinski definition) is 4. The summed E-state index contributed by atoms with van der Waals surface area (Å²) < 4.78 is 5.10. The molecule has 1 amide bonds. The molecule has 1 fully saturated rings. The van der Waals surface area contributed by atoms with E-state index in [9.17, 15) is 9.90 Å². The number of carbonyl (C=O) groups is 1. The van der Waals surface area contributed by atoms with Crippen LogP contribution in [0.2, 0.25) is 0 Å². The molecule has 98 valence electrons. The van der Waals surface area contributed by atoms with Crippen molar-refractivity contribution in [2.45, 2.75) is 12.0 Å². The number of amides is 1. The number of carbonyl (C=O) groups excluding carboxylic acids is 1. The van der Waals surface area contributed by atoms with E-state index in [0.29, 0.717) is 30.0 Å². The van der Waals surface area contributed by atoms with Crippen molar-refractivity contribution in [3.63, 3.8) is 0 Å². The Morgan fingerprint density at radius 2 is 2.06 bits per heavy atom. The van der Waals surface area contributed by atoms with Crippen LogP contribution in [0.3, 0.4) is 0 Å². The number of anilines is 2. The zero-order valence-electron chi connectivity index (χ0n) is 9.98. The van der Waals surface area contributed by atoms with Crippen LogP contribution in [-0.4, -0.2) is 36.4 Å². The second-order valence-electron chi connectivity index (χ2n) is 4.60. The smallest absolute Gasteiger partial charge is 0.251 e. The number of nitrogen functional groups attached to an aromatic ring is 2. The van der Waals surface area contributed by atoms with E-state index in [0.717, 1.165) is 0 Å². The minimum atomic E-state index is -0.971. The van der Waals surface area contributed by atoms with Crippen molar-refractivity contribution in [2.75, 3.05) is 31.2 Å². The maximum atomic E-state index is 11.9. The molecule has 1 aromatic carbocycles. The van der Waals surface area contributed by atoms with Crippen LogP contribution in [0.25, 0.3) is 0 Å². The summed E-state index contributed by atoms with van der Waals surface area (Å²) in [6, 6.07) is 4.66. The highest BCUT2D eigenvalue weighted by atomic mass is 16.5. The Bertz CT molecular complexity index is 436. The predicted octanol–water partition coefficient (Wildman–Crippen LogP) is -0.268. The van der Waals surface area contributed by atoms with E-state index in [-0.39, 0.29) is 19.1 Å². The Morgan fingerprint density at radius 1 is 1.39 bits per heavy atom. The van der Waals surface area contributed by atoms with Gasteiger partial charge in [0.15, 0.2) is 0 Å². The zero-order valence-corrected chi connectivity index (χ0v) is 9.98. The van der Waals surface area contributed by atoms with Crippen molar-refractivity contribution in [1.29, 1.82) is 0 Å². The summed E-state index contributed by atoms with van der Waals surface area (Å²) in [5.74, 6) is -0.311. The highest BCUT2D eigenvalue weighted by Crippen LogP contribution is 2.18.